The number of rotatable bonds is 4. The summed E-state index contributed by atoms with van der Waals surface area (Å²) in [4.78, 5) is 9.66. The molecule has 0 aliphatic carbocycles. The Morgan fingerprint density at radius 3 is 2.56 bits per heavy atom. The molecule has 1 unspecified atom stereocenters. The van der Waals surface area contributed by atoms with E-state index in [1.807, 2.05) is 48.5 Å². The summed E-state index contributed by atoms with van der Waals surface area (Å²) in [6.07, 6.45) is 0.594. The van der Waals surface area contributed by atoms with Gasteiger partial charge in [-0.05, 0) is 23.8 Å². The van der Waals surface area contributed by atoms with Gasteiger partial charge in [0.05, 0.1) is 10.7 Å². The third-order valence-corrected chi connectivity index (χ3v) is 5.02. The first-order valence-electron chi connectivity index (χ1n) is 8.17. The summed E-state index contributed by atoms with van der Waals surface area (Å²) in [6, 6.07) is 19.0. The van der Waals surface area contributed by atoms with Crippen molar-refractivity contribution in [3.8, 4) is 11.6 Å². The quantitative estimate of drug-likeness (QED) is 0.442. The van der Waals surface area contributed by atoms with Crippen LogP contribution in [0.2, 0.25) is 15.2 Å². The summed E-state index contributed by atoms with van der Waals surface area (Å²) in [6.45, 7) is 0. The third kappa shape index (κ3) is 4.03. The van der Waals surface area contributed by atoms with Gasteiger partial charge in [0.1, 0.15) is 10.8 Å². The van der Waals surface area contributed by atoms with Gasteiger partial charge in [-0.3, -0.25) is 0 Å². The second kappa shape index (κ2) is 7.77. The first-order valence-corrected chi connectivity index (χ1v) is 9.31. The van der Waals surface area contributed by atoms with Crippen LogP contribution in [0.3, 0.4) is 0 Å². The van der Waals surface area contributed by atoms with Crippen LogP contribution in [0.25, 0.3) is 0 Å². The summed E-state index contributed by atoms with van der Waals surface area (Å²) in [5.74, 6) is 0.751. The predicted octanol–water partition coefficient (Wildman–Crippen LogP) is 6.70. The Bertz CT molecular complexity index is 1010. The molecule has 0 bridgehead atoms. The van der Waals surface area contributed by atoms with Gasteiger partial charge >= 0.3 is 0 Å². The smallest absolute Gasteiger partial charge is 0.239 e. The zero-order valence-electron chi connectivity index (χ0n) is 13.9. The van der Waals surface area contributed by atoms with E-state index in [2.05, 4.69) is 10.1 Å². The highest BCUT2D eigenvalue weighted by atomic mass is 35.5. The van der Waals surface area contributed by atoms with Gasteiger partial charge in [0.15, 0.2) is 11.3 Å². The Kier molecular flexibility index (Phi) is 5.21. The van der Waals surface area contributed by atoms with Crippen molar-refractivity contribution in [3.63, 3.8) is 0 Å². The lowest BCUT2D eigenvalue weighted by molar-refractivity contribution is 0.0857. The van der Waals surface area contributed by atoms with Crippen LogP contribution in [0.1, 0.15) is 23.7 Å². The standard InChI is InChI=1S/C20H13Cl3N2O2/c21-15-10-16(22)20(24-19(15)23)26-14-8-4-7-13(9-14)17-11-18(27-25-17)12-5-2-1-3-6-12/h1-10,18H,11H2. The third-order valence-electron chi connectivity index (χ3n) is 4.08. The minimum Gasteiger partial charge on any atom is -0.437 e. The highest BCUT2D eigenvalue weighted by molar-refractivity contribution is 6.42. The lowest BCUT2D eigenvalue weighted by Crippen LogP contribution is -2.01. The van der Waals surface area contributed by atoms with Gasteiger partial charge in [0.25, 0.3) is 0 Å². The van der Waals surface area contributed by atoms with E-state index in [4.69, 9.17) is 44.4 Å². The van der Waals surface area contributed by atoms with Crippen molar-refractivity contribution in [3.05, 3.63) is 87.0 Å². The molecular formula is C20H13Cl3N2O2. The number of nitrogens with zero attached hydrogens (tertiary/aromatic N) is 2. The van der Waals surface area contributed by atoms with E-state index in [0.717, 1.165) is 16.8 Å². The van der Waals surface area contributed by atoms with Crippen LogP contribution in [0.15, 0.2) is 65.8 Å². The monoisotopic (exact) mass is 418 g/mol. The molecule has 4 nitrogen and oxygen atoms in total. The highest BCUT2D eigenvalue weighted by Gasteiger charge is 2.24. The van der Waals surface area contributed by atoms with Crippen molar-refractivity contribution >= 4 is 40.5 Å². The van der Waals surface area contributed by atoms with Crippen molar-refractivity contribution in [2.24, 2.45) is 5.16 Å². The minimum atomic E-state index is -0.0862. The average molecular weight is 420 g/mol. The maximum atomic E-state index is 6.13. The van der Waals surface area contributed by atoms with Gasteiger partial charge in [-0.2, -0.15) is 4.98 Å². The SMILES string of the molecule is Clc1cc(Cl)c(Oc2cccc(C3=NOC(c4ccccc4)C3)c2)nc1Cl. The molecule has 1 aliphatic heterocycles. The van der Waals surface area contributed by atoms with Crippen LogP contribution in [0.5, 0.6) is 11.6 Å². The lowest BCUT2D eigenvalue weighted by Gasteiger charge is -2.09. The number of benzene rings is 2. The largest absolute Gasteiger partial charge is 0.437 e. The molecule has 0 N–H and O–H groups in total. The van der Waals surface area contributed by atoms with Crippen LogP contribution in [0.4, 0.5) is 0 Å². The van der Waals surface area contributed by atoms with Crippen molar-refractivity contribution in [1.29, 1.82) is 0 Å². The number of hydrogen-bond acceptors (Lipinski definition) is 4. The predicted molar refractivity (Wildman–Crippen MR) is 107 cm³/mol. The van der Waals surface area contributed by atoms with E-state index < -0.39 is 0 Å². The van der Waals surface area contributed by atoms with Crippen molar-refractivity contribution < 1.29 is 9.57 Å². The molecule has 3 aromatic rings. The van der Waals surface area contributed by atoms with Gasteiger partial charge < -0.3 is 9.57 Å². The Labute approximate surface area is 171 Å². The summed E-state index contributed by atoms with van der Waals surface area (Å²) in [5.41, 5.74) is 2.85. The van der Waals surface area contributed by atoms with Crippen LogP contribution in [-0.2, 0) is 4.84 Å². The molecule has 4 rings (SSSR count). The fourth-order valence-electron chi connectivity index (χ4n) is 2.75. The van der Waals surface area contributed by atoms with Crippen LogP contribution < -0.4 is 4.74 Å². The van der Waals surface area contributed by atoms with Gasteiger partial charge in [0, 0.05) is 12.0 Å². The second-order valence-corrected chi connectivity index (χ2v) is 7.10. The molecule has 0 saturated carbocycles. The summed E-state index contributed by atoms with van der Waals surface area (Å²) in [7, 11) is 0. The molecule has 1 atom stereocenters. The van der Waals surface area contributed by atoms with E-state index in [9.17, 15) is 0 Å². The van der Waals surface area contributed by atoms with Gasteiger partial charge in [-0.1, -0.05) is 82.4 Å². The maximum absolute atomic E-state index is 6.13. The number of halogens is 3. The molecule has 1 aliphatic rings. The minimum absolute atomic E-state index is 0.0862. The molecule has 0 spiro atoms. The fourth-order valence-corrected chi connectivity index (χ4v) is 3.27. The second-order valence-electron chi connectivity index (χ2n) is 5.92. The zero-order valence-corrected chi connectivity index (χ0v) is 16.2. The van der Waals surface area contributed by atoms with Gasteiger partial charge in [0.2, 0.25) is 5.88 Å². The Hall–Kier alpha value is -2.27. The number of ether oxygens (including phenoxy) is 1. The molecule has 27 heavy (non-hydrogen) atoms. The number of pyridine rings is 1. The average Bonchev–Trinajstić information content (AvgIpc) is 3.17. The highest BCUT2D eigenvalue weighted by Crippen LogP contribution is 2.34. The first-order chi connectivity index (χ1) is 13.1. The van der Waals surface area contributed by atoms with E-state index >= 15 is 0 Å². The van der Waals surface area contributed by atoms with Crippen LogP contribution in [0, 0.1) is 0 Å². The van der Waals surface area contributed by atoms with Crippen molar-refractivity contribution in [1.82, 2.24) is 4.98 Å². The summed E-state index contributed by atoms with van der Waals surface area (Å²) >= 11 is 18.0. The topological polar surface area (TPSA) is 43.7 Å². The molecule has 7 heteroatoms. The molecular weight excluding hydrogens is 407 g/mol. The lowest BCUT2D eigenvalue weighted by atomic mass is 10.0. The number of hydrogen-bond donors (Lipinski definition) is 0. The first kappa shape index (κ1) is 18.1. The number of oxime groups is 1. The van der Waals surface area contributed by atoms with E-state index in [1.54, 1.807) is 6.07 Å². The molecule has 136 valence electrons. The molecule has 1 aromatic heterocycles. The summed E-state index contributed by atoms with van der Waals surface area (Å²) < 4.78 is 5.77. The molecule has 0 radical (unpaired) electrons. The molecule has 2 heterocycles. The van der Waals surface area contributed by atoms with Gasteiger partial charge in [-0.15, -0.1) is 0 Å². The van der Waals surface area contributed by atoms with Crippen LogP contribution in [-0.4, -0.2) is 10.7 Å². The number of aromatic nitrogens is 1. The Balaban J connectivity index is 1.53. The zero-order chi connectivity index (χ0) is 18.8. The maximum Gasteiger partial charge on any atom is 0.239 e. The van der Waals surface area contributed by atoms with Crippen molar-refractivity contribution in [2.45, 2.75) is 12.5 Å². The Morgan fingerprint density at radius 2 is 1.74 bits per heavy atom. The Morgan fingerprint density at radius 1 is 0.926 bits per heavy atom. The van der Waals surface area contributed by atoms with E-state index in [-0.39, 0.29) is 27.2 Å². The molecule has 0 saturated heterocycles. The molecule has 0 fully saturated rings. The van der Waals surface area contributed by atoms with E-state index in [1.165, 1.54) is 6.07 Å². The van der Waals surface area contributed by atoms with Crippen LogP contribution >= 0.6 is 34.8 Å². The fraction of sp³-hybridized carbons (Fsp3) is 0.100. The normalized spacial score (nSPS) is 16.0. The molecule has 0 amide bonds. The van der Waals surface area contributed by atoms with Gasteiger partial charge in [-0.25, -0.2) is 0 Å². The molecule has 2 aromatic carbocycles. The van der Waals surface area contributed by atoms with Crippen molar-refractivity contribution in [2.75, 3.05) is 0 Å². The summed E-state index contributed by atoms with van der Waals surface area (Å²) in [5, 5.41) is 4.92. The van der Waals surface area contributed by atoms with E-state index in [0.29, 0.717) is 12.2 Å².